The molecular weight excluding hydrogens is 502 g/mol. The number of ketones is 2. The number of thiophene rings is 1. The number of nitrogens with one attached hydrogen (secondary N) is 1. The van der Waals surface area contributed by atoms with E-state index in [-0.39, 0.29) is 28.3 Å². The smallest absolute Gasteiger partial charge is 0.196 e. The number of hydrogen-bond donors (Lipinski definition) is 2. The lowest BCUT2D eigenvalue weighted by molar-refractivity contribution is -0.116. The third-order valence-corrected chi connectivity index (χ3v) is 7.75. The number of Topliss-reactive ketones (excluding diaryl/α,β-unsaturated/α-hetero) is 1. The molecule has 2 N–H and O–H groups in total. The second-order valence-corrected chi connectivity index (χ2v) is 11.4. The summed E-state index contributed by atoms with van der Waals surface area (Å²) in [7, 11) is 0. The van der Waals surface area contributed by atoms with Crippen LogP contribution in [0.15, 0.2) is 90.7 Å². The molecule has 0 atom stereocenters. The monoisotopic (exact) mass is 527 g/mol. The Morgan fingerprint density at radius 1 is 0.946 bits per heavy atom. The predicted molar refractivity (Wildman–Crippen MR) is 152 cm³/mol. The highest BCUT2D eigenvalue weighted by Crippen LogP contribution is 2.50. The lowest BCUT2D eigenvalue weighted by Gasteiger charge is -2.29. The molecule has 0 amide bonds. The summed E-state index contributed by atoms with van der Waals surface area (Å²) in [6.45, 7) is 3.94. The van der Waals surface area contributed by atoms with E-state index >= 15 is 0 Å². The quantitative estimate of drug-likeness (QED) is 0.246. The van der Waals surface area contributed by atoms with Gasteiger partial charge < -0.3 is 10.4 Å². The van der Waals surface area contributed by atoms with E-state index in [1.807, 2.05) is 74.5 Å². The van der Waals surface area contributed by atoms with Crippen molar-refractivity contribution in [1.29, 1.82) is 0 Å². The minimum atomic E-state index is -0.341. The molecular formula is C31H26ClNO3S. The SMILES string of the molecule is CC1(C)CC(=O)C(c2sc(Nc3ccccc3)c(C(=O)c3ccccc3)c2-c2cccc(Cl)c2)=C(O)C1. The number of carbonyl (C=O) groups is 2. The predicted octanol–water partition coefficient (Wildman–Crippen LogP) is 8.70. The highest BCUT2D eigenvalue weighted by molar-refractivity contribution is 7.18. The molecule has 0 radical (unpaired) electrons. The van der Waals surface area contributed by atoms with Crippen molar-refractivity contribution in [2.45, 2.75) is 26.7 Å². The highest BCUT2D eigenvalue weighted by Gasteiger charge is 2.37. The number of allylic oxidation sites excluding steroid dienone is 2. The minimum Gasteiger partial charge on any atom is -0.511 e. The van der Waals surface area contributed by atoms with Crippen LogP contribution in [0.3, 0.4) is 0 Å². The molecule has 1 aliphatic carbocycles. The number of rotatable bonds is 6. The van der Waals surface area contributed by atoms with Crippen LogP contribution in [0.2, 0.25) is 5.02 Å². The molecule has 6 heteroatoms. The van der Waals surface area contributed by atoms with Gasteiger partial charge in [-0.15, -0.1) is 11.3 Å². The molecule has 4 aromatic rings. The van der Waals surface area contributed by atoms with Crippen LogP contribution in [0, 0.1) is 5.41 Å². The fourth-order valence-electron chi connectivity index (χ4n) is 4.76. The molecule has 0 spiro atoms. The lowest BCUT2D eigenvalue weighted by Crippen LogP contribution is -2.25. The third kappa shape index (κ3) is 5.10. The van der Waals surface area contributed by atoms with Crippen LogP contribution in [-0.2, 0) is 4.79 Å². The van der Waals surface area contributed by atoms with Crippen LogP contribution in [0.1, 0.15) is 47.5 Å². The van der Waals surface area contributed by atoms with Crippen LogP contribution in [0.4, 0.5) is 10.7 Å². The van der Waals surface area contributed by atoms with Crippen molar-refractivity contribution in [3.63, 3.8) is 0 Å². The van der Waals surface area contributed by atoms with E-state index in [1.165, 1.54) is 11.3 Å². The summed E-state index contributed by atoms with van der Waals surface area (Å²) in [6, 6.07) is 25.9. The van der Waals surface area contributed by atoms with E-state index in [4.69, 9.17) is 11.6 Å². The van der Waals surface area contributed by atoms with E-state index in [9.17, 15) is 14.7 Å². The first-order valence-corrected chi connectivity index (χ1v) is 13.2. The van der Waals surface area contributed by atoms with Crippen molar-refractivity contribution < 1.29 is 14.7 Å². The molecule has 1 heterocycles. The van der Waals surface area contributed by atoms with Gasteiger partial charge in [-0.3, -0.25) is 9.59 Å². The number of benzene rings is 3. The molecule has 37 heavy (non-hydrogen) atoms. The molecule has 0 bridgehead atoms. The Kier molecular flexibility index (Phi) is 6.76. The largest absolute Gasteiger partial charge is 0.511 e. The summed E-state index contributed by atoms with van der Waals surface area (Å²) in [4.78, 5) is 28.1. The summed E-state index contributed by atoms with van der Waals surface area (Å²) in [6.07, 6.45) is 0.688. The molecule has 1 aromatic heterocycles. The van der Waals surface area contributed by atoms with Crippen molar-refractivity contribution in [3.05, 3.63) is 112 Å². The van der Waals surface area contributed by atoms with Crippen LogP contribution in [0.5, 0.6) is 0 Å². The zero-order valence-electron chi connectivity index (χ0n) is 20.5. The van der Waals surface area contributed by atoms with Crippen molar-refractivity contribution in [2.75, 3.05) is 5.32 Å². The van der Waals surface area contributed by atoms with Gasteiger partial charge in [0.05, 0.1) is 16.0 Å². The number of halogens is 1. The van der Waals surface area contributed by atoms with Gasteiger partial charge in [-0.2, -0.15) is 0 Å². The van der Waals surface area contributed by atoms with Gasteiger partial charge in [0.15, 0.2) is 11.6 Å². The summed E-state index contributed by atoms with van der Waals surface area (Å²) in [5, 5.41) is 15.7. The van der Waals surface area contributed by atoms with E-state index in [0.717, 1.165) is 5.69 Å². The highest BCUT2D eigenvalue weighted by atomic mass is 35.5. The van der Waals surface area contributed by atoms with Gasteiger partial charge in [-0.1, -0.05) is 86.1 Å². The molecule has 0 unspecified atom stereocenters. The van der Waals surface area contributed by atoms with Gasteiger partial charge in [-0.25, -0.2) is 0 Å². The first-order valence-electron chi connectivity index (χ1n) is 12.0. The molecule has 4 nitrogen and oxygen atoms in total. The fourth-order valence-corrected chi connectivity index (χ4v) is 6.28. The Morgan fingerprint density at radius 2 is 1.62 bits per heavy atom. The number of aliphatic hydroxyl groups is 1. The normalized spacial score (nSPS) is 15.1. The zero-order chi connectivity index (χ0) is 26.2. The first-order chi connectivity index (χ1) is 17.7. The number of hydrogen-bond acceptors (Lipinski definition) is 5. The maximum atomic E-state index is 14.1. The summed E-state index contributed by atoms with van der Waals surface area (Å²) >= 11 is 7.69. The van der Waals surface area contributed by atoms with Crippen molar-refractivity contribution in [1.82, 2.24) is 0 Å². The molecule has 0 fully saturated rings. The van der Waals surface area contributed by atoms with Crippen LogP contribution >= 0.6 is 22.9 Å². The second kappa shape index (κ2) is 10.0. The molecule has 3 aromatic carbocycles. The van der Waals surface area contributed by atoms with Crippen molar-refractivity contribution in [2.24, 2.45) is 5.41 Å². The summed E-state index contributed by atoms with van der Waals surface area (Å²) in [5.74, 6) is -0.265. The van der Waals surface area contributed by atoms with E-state index in [0.29, 0.717) is 50.0 Å². The maximum Gasteiger partial charge on any atom is 0.196 e. The van der Waals surface area contributed by atoms with E-state index < -0.39 is 0 Å². The van der Waals surface area contributed by atoms with Gasteiger partial charge in [0.1, 0.15) is 10.8 Å². The zero-order valence-corrected chi connectivity index (χ0v) is 22.1. The second-order valence-electron chi connectivity index (χ2n) is 9.97. The fraction of sp³-hybridized carbons (Fsp3) is 0.161. The molecule has 1 aliphatic rings. The summed E-state index contributed by atoms with van der Waals surface area (Å²) < 4.78 is 0. The molecule has 5 rings (SSSR count). The Labute approximate surface area is 225 Å². The van der Waals surface area contributed by atoms with Gasteiger partial charge in [0.25, 0.3) is 0 Å². The Morgan fingerprint density at radius 3 is 2.27 bits per heavy atom. The first kappa shape index (κ1) is 25.0. The Hall–Kier alpha value is -3.67. The van der Waals surface area contributed by atoms with Crippen molar-refractivity contribution >= 4 is 50.8 Å². The maximum absolute atomic E-state index is 14.1. The van der Waals surface area contributed by atoms with Gasteiger partial charge in [0, 0.05) is 34.7 Å². The third-order valence-electron chi connectivity index (χ3n) is 6.40. The van der Waals surface area contributed by atoms with Crippen LogP contribution in [-0.4, -0.2) is 16.7 Å². The average Bonchev–Trinajstić information content (AvgIpc) is 3.21. The van der Waals surface area contributed by atoms with E-state index in [1.54, 1.807) is 24.3 Å². The summed E-state index contributed by atoms with van der Waals surface area (Å²) in [5.41, 5.74) is 3.01. The standard InChI is InChI=1S/C31H26ClNO3S/c1-31(2)17-23(34)26(24(35)18-31)29-25(20-12-9-13-21(32)16-20)27(28(36)19-10-5-3-6-11-19)30(37-29)33-22-14-7-4-8-15-22/h3-16,33-34H,17-18H2,1-2H3. The number of carbonyl (C=O) groups excluding carboxylic acids is 2. The van der Waals surface area contributed by atoms with Gasteiger partial charge in [-0.05, 0) is 35.2 Å². The molecule has 0 saturated carbocycles. The van der Waals surface area contributed by atoms with Crippen LogP contribution < -0.4 is 5.32 Å². The number of aliphatic hydroxyl groups excluding tert-OH is 1. The minimum absolute atomic E-state index is 0.0516. The molecule has 0 aliphatic heterocycles. The number of anilines is 2. The lowest BCUT2D eigenvalue weighted by atomic mass is 9.75. The number of para-hydroxylation sites is 1. The molecule has 0 saturated heterocycles. The van der Waals surface area contributed by atoms with Gasteiger partial charge >= 0.3 is 0 Å². The Bertz CT molecular complexity index is 1520. The molecule has 186 valence electrons. The van der Waals surface area contributed by atoms with Gasteiger partial charge in [0.2, 0.25) is 0 Å². The average molecular weight is 528 g/mol. The van der Waals surface area contributed by atoms with Crippen molar-refractivity contribution in [3.8, 4) is 11.1 Å². The van der Waals surface area contributed by atoms with Crippen LogP contribution in [0.25, 0.3) is 16.7 Å². The Balaban J connectivity index is 1.82. The van der Waals surface area contributed by atoms with E-state index in [2.05, 4.69) is 5.32 Å². The topological polar surface area (TPSA) is 66.4 Å².